The monoisotopic (exact) mass is 454 g/mol. The normalized spacial score (nSPS) is 11.0. The molecule has 0 bridgehead atoms. The number of carbonyl (C=O) groups is 2. The van der Waals surface area contributed by atoms with Gasteiger partial charge in [-0.25, -0.2) is 4.79 Å². The van der Waals surface area contributed by atoms with Crippen LogP contribution in [0.1, 0.15) is 23.0 Å². The van der Waals surface area contributed by atoms with Crippen LogP contribution in [0.5, 0.6) is 0 Å². The number of anilines is 1. The molecule has 0 unspecified atom stereocenters. The lowest BCUT2D eigenvalue weighted by Gasteiger charge is -2.06. The van der Waals surface area contributed by atoms with E-state index >= 15 is 0 Å². The molecule has 0 aliphatic heterocycles. The van der Waals surface area contributed by atoms with Gasteiger partial charge >= 0.3 is 5.97 Å². The summed E-state index contributed by atoms with van der Waals surface area (Å²) in [4.78, 5) is 24.2. The first-order chi connectivity index (χ1) is 14.9. The van der Waals surface area contributed by atoms with Crippen molar-refractivity contribution in [3.05, 3.63) is 81.5 Å². The smallest absolute Gasteiger partial charge is 0.338 e. The number of esters is 1. The van der Waals surface area contributed by atoms with Crippen molar-refractivity contribution in [1.82, 2.24) is 0 Å². The molecule has 0 aliphatic rings. The average molecular weight is 455 g/mol. The summed E-state index contributed by atoms with van der Waals surface area (Å²) in [6, 6.07) is 16.3. The van der Waals surface area contributed by atoms with Crippen molar-refractivity contribution in [3.8, 4) is 17.4 Å². The number of hydrogen-bond donors (Lipinski definition) is 1. The molecule has 8 heteroatoms. The molecule has 1 heterocycles. The molecule has 0 atom stereocenters. The van der Waals surface area contributed by atoms with Gasteiger partial charge in [0.2, 0.25) is 0 Å². The minimum atomic E-state index is -0.617. The third kappa shape index (κ3) is 5.54. The molecule has 0 saturated carbocycles. The Morgan fingerprint density at radius 3 is 2.52 bits per heavy atom. The second kappa shape index (κ2) is 9.98. The molecule has 2 aromatic carbocycles. The van der Waals surface area contributed by atoms with Crippen LogP contribution in [0.25, 0.3) is 17.4 Å². The second-order valence-corrected chi connectivity index (χ2v) is 7.09. The van der Waals surface area contributed by atoms with Gasteiger partial charge in [0.25, 0.3) is 5.91 Å². The van der Waals surface area contributed by atoms with Crippen LogP contribution < -0.4 is 5.32 Å². The highest BCUT2D eigenvalue weighted by molar-refractivity contribution is 6.36. The Balaban J connectivity index is 1.74. The molecule has 1 amide bonds. The molecule has 0 fully saturated rings. The van der Waals surface area contributed by atoms with E-state index in [1.165, 1.54) is 18.2 Å². The van der Waals surface area contributed by atoms with Gasteiger partial charge in [0.1, 0.15) is 23.2 Å². The number of amides is 1. The molecule has 0 radical (unpaired) electrons. The molecule has 3 rings (SSSR count). The molecule has 0 saturated heterocycles. The largest absolute Gasteiger partial charge is 0.462 e. The lowest BCUT2D eigenvalue weighted by molar-refractivity contribution is -0.112. The Kier molecular flexibility index (Phi) is 7.14. The SMILES string of the molecule is CCOC(=O)c1ccc(NC(=O)/C(C#N)=C/c2ccc(-c3ccc(Cl)cc3Cl)o2)cc1. The lowest BCUT2D eigenvalue weighted by Crippen LogP contribution is -2.13. The van der Waals surface area contributed by atoms with Crippen LogP contribution in [-0.2, 0) is 9.53 Å². The van der Waals surface area contributed by atoms with Crippen molar-refractivity contribution in [2.75, 3.05) is 11.9 Å². The maximum absolute atomic E-state index is 12.5. The van der Waals surface area contributed by atoms with Gasteiger partial charge in [-0.15, -0.1) is 0 Å². The standard InChI is InChI=1S/C23H16Cl2N2O4/c1-2-30-23(29)14-3-6-17(7-4-14)27-22(28)15(13-26)11-18-8-10-21(31-18)19-9-5-16(24)12-20(19)25/h3-12H,2H2,1H3,(H,27,28)/b15-11+. The summed E-state index contributed by atoms with van der Waals surface area (Å²) in [7, 11) is 0. The maximum atomic E-state index is 12.5. The van der Waals surface area contributed by atoms with Crippen molar-refractivity contribution in [2.45, 2.75) is 6.92 Å². The number of nitrogens with zero attached hydrogens (tertiary/aromatic N) is 1. The van der Waals surface area contributed by atoms with Crippen LogP contribution >= 0.6 is 23.2 Å². The topological polar surface area (TPSA) is 92.3 Å². The van der Waals surface area contributed by atoms with Crippen LogP contribution in [0.4, 0.5) is 5.69 Å². The highest BCUT2D eigenvalue weighted by atomic mass is 35.5. The molecule has 156 valence electrons. The van der Waals surface area contributed by atoms with E-state index in [4.69, 9.17) is 32.4 Å². The summed E-state index contributed by atoms with van der Waals surface area (Å²) in [5.74, 6) is -0.285. The number of ether oxygens (including phenoxy) is 1. The van der Waals surface area contributed by atoms with Crippen LogP contribution in [0.2, 0.25) is 10.0 Å². The van der Waals surface area contributed by atoms with Crippen LogP contribution in [0.3, 0.4) is 0 Å². The zero-order valence-corrected chi connectivity index (χ0v) is 17.8. The van der Waals surface area contributed by atoms with Crippen molar-refractivity contribution < 1.29 is 18.7 Å². The first kappa shape index (κ1) is 22.2. The summed E-state index contributed by atoms with van der Waals surface area (Å²) in [6.07, 6.45) is 1.33. The van der Waals surface area contributed by atoms with E-state index in [9.17, 15) is 14.9 Å². The first-order valence-corrected chi connectivity index (χ1v) is 9.92. The van der Waals surface area contributed by atoms with Gasteiger partial charge in [0, 0.05) is 22.3 Å². The number of nitriles is 1. The van der Waals surface area contributed by atoms with Crippen LogP contribution in [0, 0.1) is 11.3 Å². The summed E-state index contributed by atoms with van der Waals surface area (Å²) in [6.45, 7) is 1.99. The summed E-state index contributed by atoms with van der Waals surface area (Å²) in [5, 5.41) is 12.9. The molecule has 1 N–H and O–H groups in total. The Labute approximate surface area is 188 Å². The number of hydrogen-bond acceptors (Lipinski definition) is 5. The maximum Gasteiger partial charge on any atom is 0.338 e. The molecule has 0 spiro atoms. The van der Waals surface area contributed by atoms with E-state index in [1.807, 2.05) is 6.07 Å². The highest BCUT2D eigenvalue weighted by Gasteiger charge is 2.13. The van der Waals surface area contributed by atoms with Gasteiger partial charge in [-0.1, -0.05) is 23.2 Å². The van der Waals surface area contributed by atoms with E-state index in [0.717, 1.165) is 0 Å². The zero-order chi connectivity index (χ0) is 22.4. The van der Waals surface area contributed by atoms with E-state index in [2.05, 4.69) is 5.32 Å². The average Bonchev–Trinajstić information content (AvgIpc) is 3.21. The molecule has 6 nitrogen and oxygen atoms in total. The molecular formula is C23H16Cl2N2O4. The highest BCUT2D eigenvalue weighted by Crippen LogP contribution is 2.32. The van der Waals surface area contributed by atoms with Gasteiger partial charge in [-0.2, -0.15) is 5.26 Å². The van der Waals surface area contributed by atoms with Gasteiger partial charge in [-0.3, -0.25) is 4.79 Å². The van der Waals surface area contributed by atoms with Crippen molar-refractivity contribution in [1.29, 1.82) is 5.26 Å². The summed E-state index contributed by atoms with van der Waals surface area (Å²) in [5.41, 5.74) is 1.26. The van der Waals surface area contributed by atoms with E-state index in [0.29, 0.717) is 38.4 Å². The number of carbonyl (C=O) groups excluding carboxylic acids is 2. The van der Waals surface area contributed by atoms with Crippen molar-refractivity contribution in [3.63, 3.8) is 0 Å². The van der Waals surface area contributed by atoms with E-state index in [-0.39, 0.29) is 12.2 Å². The van der Waals surface area contributed by atoms with Gasteiger partial charge in [0.05, 0.1) is 17.2 Å². The fraction of sp³-hybridized carbons (Fsp3) is 0.0870. The second-order valence-electron chi connectivity index (χ2n) is 6.25. The minimum Gasteiger partial charge on any atom is -0.462 e. The number of nitrogens with one attached hydrogen (secondary N) is 1. The van der Waals surface area contributed by atoms with Crippen LogP contribution in [0.15, 0.2) is 64.6 Å². The minimum absolute atomic E-state index is 0.155. The number of rotatable bonds is 6. The Morgan fingerprint density at radius 1 is 1.13 bits per heavy atom. The lowest BCUT2D eigenvalue weighted by atomic mass is 10.2. The van der Waals surface area contributed by atoms with Crippen molar-refractivity contribution >= 4 is 46.8 Å². The van der Waals surface area contributed by atoms with Crippen molar-refractivity contribution in [2.24, 2.45) is 0 Å². The fourth-order valence-electron chi connectivity index (χ4n) is 2.66. The summed E-state index contributed by atoms with van der Waals surface area (Å²) >= 11 is 12.1. The summed E-state index contributed by atoms with van der Waals surface area (Å²) < 4.78 is 10.6. The predicted octanol–water partition coefficient (Wildman–Crippen LogP) is 5.98. The van der Waals surface area contributed by atoms with Crippen LogP contribution in [-0.4, -0.2) is 18.5 Å². The van der Waals surface area contributed by atoms with Gasteiger partial charge in [0.15, 0.2) is 0 Å². The third-order valence-electron chi connectivity index (χ3n) is 4.13. The quantitative estimate of drug-likeness (QED) is 0.281. The zero-order valence-electron chi connectivity index (χ0n) is 16.3. The Bertz CT molecular complexity index is 1190. The molecular weight excluding hydrogens is 439 g/mol. The molecule has 3 aromatic rings. The number of furan rings is 1. The molecule has 1 aromatic heterocycles. The third-order valence-corrected chi connectivity index (χ3v) is 4.68. The fourth-order valence-corrected chi connectivity index (χ4v) is 3.16. The first-order valence-electron chi connectivity index (χ1n) is 9.17. The van der Waals surface area contributed by atoms with E-state index in [1.54, 1.807) is 49.4 Å². The number of halogens is 2. The number of benzene rings is 2. The van der Waals surface area contributed by atoms with E-state index < -0.39 is 11.9 Å². The van der Waals surface area contributed by atoms with Gasteiger partial charge < -0.3 is 14.5 Å². The molecule has 0 aliphatic carbocycles. The Morgan fingerprint density at radius 2 is 1.87 bits per heavy atom. The predicted molar refractivity (Wildman–Crippen MR) is 119 cm³/mol. The molecule has 31 heavy (non-hydrogen) atoms. The van der Waals surface area contributed by atoms with Gasteiger partial charge in [-0.05, 0) is 61.5 Å². The Hall–Kier alpha value is -3.53.